The van der Waals surface area contributed by atoms with Crippen LogP contribution >= 0.6 is 0 Å². The molecule has 0 bridgehead atoms. The van der Waals surface area contributed by atoms with Crippen LogP contribution in [0.15, 0.2) is 35.9 Å². The molecule has 1 fully saturated rings. The minimum Gasteiger partial charge on any atom is -0.493 e. The number of nitrogens with one attached hydrogen (secondary N) is 1. The van der Waals surface area contributed by atoms with Crippen LogP contribution in [-0.2, 0) is 9.59 Å². The van der Waals surface area contributed by atoms with Gasteiger partial charge in [0.05, 0.1) is 36.5 Å². The van der Waals surface area contributed by atoms with Gasteiger partial charge in [-0.15, -0.1) is 0 Å². The maximum atomic E-state index is 12.8. The lowest BCUT2D eigenvalue weighted by Gasteiger charge is -2.16. The van der Waals surface area contributed by atoms with Crippen molar-refractivity contribution in [3.63, 3.8) is 0 Å². The Morgan fingerprint density at radius 2 is 1.69 bits per heavy atom. The van der Waals surface area contributed by atoms with Gasteiger partial charge in [-0.3, -0.25) is 25.1 Å². The third-order valence-electron chi connectivity index (χ3n) is 4.67. The molecule has 1 aliphatic heterocycles. The lowest BCUT2D eigenvalue weighted by molar-refractivity contribution is -0.385. The maximum Gasteiger partial charge on any atom is 0.282 e. The smallest absolute Gasteiger partial charge is 0.282 e. The number of nitro benzene ring substituents is 1. The molecule has 0 spiro atoms. The van der Waals surface area contributed by atoms with E-state index < -0.39 is 16.7 Å². The average Bonchev–Trinajstić information content (AvgIpc) is 2.97. The second-order valence-electron chi connectivity index (χ2n) is 6.43. The molecule has 0 aromatic heterocycles. The van der Waals surface area contributed by atoms with E-state index in [0.717, 1.165) is 16.1 Å². The number of rotatable bonds is 5. The summed E-state index contributed by atoms with van der Waals surface area (Å²) >= 11 is 0. The summed E-state index contributed by atoms with van der Waals surface area (Å²) in [6.45, 7) is 3.83. The molecule has 0 saturated carbocycles. The fourth-order valence-electron chi connectivity index (χ4n) is 2.92. The van der Waals surface area contributed by atoms with Crippen molar-refractivity contribution in [2.24, 2.45) is 0 Å². The van der Waals surface area contributed by atoms with E-state index in [4.69, 9.17) is 9.47 Å². The lowest BCUT2D eigenvalue weighted by atomic mass is 10.1. The van der Waals surface area contributed by atoms with Crippen LogP contribution < -0.4 is 19.9 Å². The zero-order valence-electron chi connectivity index (χ0n) is 16.3. The summed E-state index contributed by atoms with van der Waals surface area (Å²) in [5.74, 6) is -0.859. The predicted octanol–water partition coefficient (Wildman–Crippen LogP) is 2.69. The highest BCUT2D eigenvalue weighted by Gasteiger charge is 2.35. The minimum absolute atomic E-state index is 0.0492. The fourth-order valence-corrected chi connectivity index (χ4v) is 2.92. The summed E-state index contributed by atoms with van der Waals surface area (Å²) in [5, 5.41) is 12.6. The van der Waals surface area contributed by atoms with Crippen LogP contribution in [0, 0.1) is 24.0 Å². The van der Waals surface area contributed by atoms with Crippen LogP contribution in [0.2, 0.25) is 0 Å². The van der Waals surface area contributed by atoms with E-state index >= 15 is 0 Å². The molecule has 150 valence electrons. The summed E-state index contributed by atoms with van der Waals surface area (Å²) in [6, 6.07) is 7.86. The van der Waals surface area contributed by atoms with E-state index in [-0.39, 0.29) is 28.3 Å². The van der Waals surface area contributed by atoms with Crippen LogP contribution in [0.5, 0.6) is 11.5 Å². The number of aryl methyl sites for hydroxylation is 2. The number of hydrogen-bond donors (Lipinski definition) is 1. The second kappa shape index (κ2) is 7.63. The highest BCUT2D eigenvalue weighted by Crippen LogP contribution is 2.36. The summed E-state index contributed by atoms with van der Waals surface area (Å²) in [6.07, 6.45) is 1.18. The Balaban J connectivity index is 2.06. The first-order chi connectivity index (χ1) is 13.8. The van der Waals surface area contributed by atoms with E-state index in [1.807, 2.05) is 19.9 Å². The number of methoxy groups -OCH3 is 2. The van der Waals surface area contributed by atoms with Gasteiger partial charge in [-0.25, -0.2) is 5.01 Å². The molecule has 0 unspecified atom stereocenters. The van der Waals surface area contributed by atoms with Gasteiger partial charge >= 0.3 is 0 Å². The number of ether oxygens (including phenoxy) is 2. The van der Waals surface area contributed by atoms with Gasteiger partial charge in [0.2, 0.25) is 0 Å². The van der Waals surface area contributed by atoms with Gasteiger partial charge in [-0.2, -0.15) is 0 Å². The largest absolute Gasteiger partial charge is 0.493 e. The average molecular weight is 397 g/mol. The van der Waals surface area contributed by atoms with Crippen LogP contribution in [0.1, 0.15) is 16.7 Å². The van der Waals surface area contributed by atoms with Gasteiger partial charge in [0.25, 0.3) is 17.5 Å². The molecule has 1 aliphatic rings. The molecule has 29 heavy (non-hydrogen) atoms. The summed E-state index contributed by atoms with van der Waals surface area (Å²) < 4.78 is 10.3. The van der Waals surface area contributed by atoms with Gasteiger partial charge in [-0.05, 0) is 49.2 Å². The summed E-state index contributed by atoms with van der Waals surface area (Å²) in [7, 11) is 2.74. The third-order valence-corrected chi connectivity index (χ3v) is 4.67. The first-order valence-electron chi connectivity index (χ1n) is 8.61. The number of amides is 2. The Hall–Kier alpha value is -3.88. The van der Waals surface area contributed by atoms with Gasteiger partial charge in [0.15, 0.2) is 11.5 Å². The molecule has 9 heteroatoms. The SMILES string of the molecule is COc1cc(/C=C2/C(=O)NN(c3ccc(C)c(C)c3)C2=O)c([N+](=O)[O-])cc1OC. The Morgan fingerprint density at radius 3 is 2.28 bits per heavy atom. The Bertz CT molecular complexity index is 1060. The number of nitrogens with zero attached hydrogens (tertiary/aromatic N) is 2. The van der Waals surface area contributed by atoms with Crippen LogP contribution in [-0.4, -0.2) is 31.0 Å². The second-order valence-corrected chi connectivity index (χ2v) is 6.43. The minimum atomic E-state index is -0.655. The van der Waals surface area contributed by atoms with Crippen LogP contribution in [0.4, 0.5) is 11.4 Å². The van der Waals surface area contributed by atoms with Crippen molar-refractivity contribution in [1.82, 2.24) is 5.43 Å². The molecule has 2 amide bonds. The predicted molar refractivity (Wildman–Crippen MR) is 106 cm³/mol. The number of benzene rings is 2. The van der Waals surface area contributed by atoms with Crippen molar-refractivity contribution in [2.75, 3.05) is 19.2 Å². The molecular formula is C20H19N3O6. The number of nitro groups is 1. The quantitative estimate of drug-likeness (QED) is 0.359. The molecule has 0 aliphatic carbocycles. The van der Waals surface area contributed by atoms with Gasteiger partial charge in [0, 0.05) is 0 Å². The van der Waals surface area contributed by atoms with Crippen molar-refractivity contribution in [3.8, 4) is 11.5 Å². The monoisotopic (exact) mass is 397 g/mol. The molecule has 2 aromatic rings. The van der Waals surface area contributed by atoms with Crippen LogP contribution in [0.25, 0.3) is 6.08 Å². The normalized spacial score (nSPS) is 14.9. The van der Waals surface area contributed by atoms with Crippen molar-refractivity contribution in [3.05, 3.63) is 62.7 Å². The molecule has 3 rings (SSSR count). The standard InChI is InChI=1S/C20H19N3O6/c1-11-5-6-14(7-12(11)2)22-20(25)15(19(24)21-22)8-13-9-17(28-3)18(29-4)10-16(13)23(26)27/h5-10H,1-4H3,(H,21,24)/b15-8-. The van der Waals surface area contributed by atoms with Crippen molar-refractivity contribution < 1.29 is 24.0 Å². The van der Waals surface area contributed by atoms with E-state index in [9.17, 15) is 19.7 Å². The highest BCUT2D eigenvalue weighted by atomic mass is 16.6. The molecule has 0 atom stereocenters. The van der Waals surface area contributed by atoms with E-state index in [0.29, 0.717) is 5.69 Å². The number of hydrazine groups is 1. The van der Waals surface area contributed by atoms with E-state index in [1.165, 1.54) is 32.4 Å². The van der Waals surface area contributed by atoms with Crippen molar-refractivity contribution in [1.29, 1.82) is 0 Å². The maximum absolute atomic E-state index is 12.8. The van der Waals surface area contributed by atoms with Gasteiger partial charge < -0.3 is 9.47 Å². The molecular weight excluding hydrogens is 378 g/mol. The molecule has 1 heterocycles. The Labute approximate surface area is 166 Å². The topological polar surface area (TPSA) is 111 Å². The third kappa shape index (κ3) is 3.62. The number of anilines is 1. The zero-order chi connectivity index (χ0) is 21.3. The number of carbonyl (C=O) groups is 2. The zero-order valence-corrected chi connectivity index (χ0v) is 16.3. The molecule has 1 N–H and O–H groups in total. The van der Waals surface area contributed by atoms with E-state index in [2.05, 4.69) is 5.43 Å². The van der Waals surface area contributed by atoms with Gasteiger partial charge in [0.1, 0.15) is 5.57 Å². The van der Waals surface area contributed by atoms with Gasteiger partial charge in [-0.1, -0.05) is 6.07 Å². The molecule has 1 saturated heterocycles. The first-order valence-corrected chi connectivity index (χ1v) is 8.61. The fraction of sp³-hybridized carbons (Fsp3) is 0.200. The first kappa shape index (κ1) is 19.9. The Kier molecular flexibility index (Phi) is 5.22. The summed E-state index contributed by atoms with van der Waals surface area (Å²) in [5.41, 5.74) is 4.49. The van der Waals surface area contributed by atoms with Crippen molar-refractivity contribution in [2.45, 2.75) is 13.8 Å². The summed E-state index contributed by atoms with van der Waals surface area (Å²) in [4.78, 5) is 36.1. The lowest BCUT2D eigenvalue weighted by Crippen LogP contribution is -2.35. The number of carbonyl (C=O) groups excluding carboxylic acids is 2. The number of hydrogen-bond acceptors (Lipinski definition) is 6. The highest BCUT2D eigenvalue weighted by molar-refractivity contribution is 6.31. The Morgan fingerprint density at radius 1 is 1.03 bits per heavy atom. The van der Waals surface area contributed by atoms with Crippen LogP contribution in [0.3, 0.4) is 0 Å². The molecule has 9 nitrogen and oxygen atoms in total. The van der Waals surface area contributed by atoms with Crippen molar-refractivity contribution >= 4 is 29.3 Å². The van der Waals surface area contributed by atoms with E-state index in [1.54, 1.807) is 12.1 Å². The molecule has 2 aromatic carbocycles. The molecule has 0 radical (unpaired) electrons.